The molecule has 0 saturated heterocycles. The van der Waals surface area contributed by atoms with Crippen LogP contribution in [-0.4, -0.2) is 24.5 Å². The van der Waals surface area contributed by atoms with Crippen LogP contribution in [0.25, 0.3) is 11.3 Å². The van der Waals surface area contributed by atoms with E-state index in [0.29, 0.717) is 17.2 Å². The number of anilines is 1. The van der Waals surface area contributed by atoms with Crippen LogP contribution in [0.1, 0.15) is 17.3 Å². The molecule has 1 aromatic heterocycles. The molecule has 1 heterocycles. The normalized spacial score (nSPS) is 10.4. The number of benzene rings is 2. The summed E-state index contributed by atoms with van der Waals surface area (Å²) in [5.74, 6) is 0.671. The summed E-state index contributed by atoms with van der Waals surface area (Å²) in [6, 6.07) is 17.1. The van der Waals surface area contributed by atoms with E-state index in [1.807, 2.05) is 42.6 Å². The van der Waals surface area contributed by atoms with Crippen molar-refractivity contribution in [2.75, 3.05) is 18.6 Å². The summed E-state index contributed by atoms with van der Waals surface area (Å²) in [6.07, 6.45) is 0. The first-order chi connectivity index (χ1) is 11.7. The fourth-order valence-electron chi connectivity index (χ4n) is 2.38. The second-order valence-corrected chi connectivity index (χ2v) is 6.00. The van der Waals surface area contributed by atoms with Gasteiger partial charge in [-0.25, -0.2) is 4.98 Å². The van der Waals surface area contributed by atoms with Crippen molar-refractivity contribution in [3.63, 3.8) is 0 Å². The molecule has 3 rings (SSSR count). The number of methoxy groups -OCH3 is 1. The fraction of sp³-hybridized carbons (Fsp3) is 0.158. The number of aromatic nitrogens is 1. The van der Waals surface area contributed by atoms with Crippen molar-refractivity contribution in [2.24, 2.45) is 0 Å². The molecule has 5 heteroatoms. The molecule has 0 atom stereocenters. The van der Waals surface area contributed by atoms with Gasteiger partial charge in [0.05, 0.1) is 12.8 Å². The SMILES string of the molecule is CCN(C(=O)c1ccc(OC)cc1)c1nc(-c2ccccc2)cs1. The van der Waals surface area contributed by atoms with Gasteiger partial charge in [-0.05, 0) is 31.2 Å². The van der Waals surface area contributed by atoms with Crippen molar-refractivity contribution >= 4 is 22.4 Å². The molecule has 0 aliphatic rings. The summed E-state index contributed by atoms with van der Waals surface area (Å²) >= 11 is 1.48. The topological polar surface area (TPSA) is 42.4 Å². The van der Waals surface area contributed by atoms with Crippen LogP contribution >= 0.6 is 11.3 Å². The van der Waals surface area contributed by atoms with E-state index in [0.717, 1.165) is 17.0 Å². The highest BCUT2D eigenvalue weighted by Crippen LogP contribution is 2.28. The zero-order chi connectivity index (χ0) is 16.9. The van der Waals surface area contributed by atoms with Crippen molar-refractivity contribution < 1.29 is 9.53 Å². The largest absolute Gasteiger partial charge is 0.497 e. The number of amides is 1. The van der Waals surface area contributed by atoms with Crippen molar-refractivity contribution in [3.8, 4) is 17.0 Å². The highest BCUT2D eigenvalue weighted by Gasteiger charge is 2.19. The first kappa shape index (κ1) is 16.2. The molecule has 3 aromatic rings. The summed E-state index contributed by atoms with van der Waals surface area (Å²) in [4.78, 5) is 19.1. The number of thiazole rings is 1. The number of rotatable bonds is 5. The van der Waals surface area contributed by atoms with Gasteiger partial charge in [0.25, 0.3) is 5.91 Å². The van der Waals surface area contributed by atoms with E-state index in [-0.39, 0.29) is 5.91 Å². The second-order valence-electron chi connectivity index (χ2n) is 5.16. The molecular weight excluding hydrogens is 320 g/mol. The van der Waals surface area contributed by atoms with Gasteiger partial charge in [0, 0.05) is 23.1 Å². The summed E-state index contributed by atoms with van der Waals surface area (Å²) < 4.78 is 5.14. The summed E-state index contributed by atoms with van der Waals surface area (Å²) in [6.45, 7) is 2.51. The van der Waals surface area contributed by atoms with E-state index < -0.39 is 0 Å². The van der Waals surface area contributed by atoms with Crippen LogP contribution in [0.5, 0.6) is 5.75 Å². The molecule has 24 heavy (non-hydrogen) atoms. The van der Waals surface area contributed by atoms with Crippen LogP contribution in [0.2, 0.25) is 0 Å². The lowest BCUT2D eigenvalue weighted by molar-refractivity contribution is 0.0988. The van der Waals surface area contributed by atoms with Gasteiger partial charge in [-0.3, -0.25) is 9.69 Å². The first-order valence-corrected chi connectivity index (χ1v) is 8.57. The third-order valence-electron chi connectivity index (χ3n) is 3.69. The Labute approximate surface area is 145 Å². The molecule has 0 radical (unpaired) electrons. The van der Waals surface area contributed by atoms with Crippen molar-refractivity contribution in [2.45, 2.75) is 6.92 Å². The Morgan fingerprint density at radius 1 is 1.12 bits per heavy atom. The van der Waals surface area contributed by atoms with Crippen LogP contribution < -0.4 is 9.64 Å². The monoisotopic (exact) mass is 338 g/mol. The highest BCUT2D eigenvalue weighted by atomic mass is 32.1. The quantitative estimate of drug-likeness (QED) is 0.688. The maximum atomic E-state index is 12.8. The van der Waals surface area contributed by atoms with Gasteiger partial charge in [-0.15, -0.1) is 11.3 Å². The summed E-state index contributed by atoms with van der Waals surface area (Å²) in [5, 5.41) is 2.69. The highest BCUT2D eigenvalue weighted by molar-refractivity contribution is 7.14. The zero-order valence-corrected chi connectivity index (χ0v) is 14.4. The molecule has 4 nitrogen and oxygen atoms in total. The lowest BCUT2D eigenvalue weighted by Gasteiger charge is -2.17. The van der Waals surface area contributed by atoms with Crippen LogP contribution in [0.3, 0.4) is 0 Å². The Balaban J connectivity index is 1.85. The molecule has 0 aliphatic carbocycles. The first-order valence-electron chi connectivity index (χ1n) is 7.69. The third kappa shape index (κ3) is 3.31. The molecule has 0 fully saturated rings. The summed E-state index contributed by atoms with van der Waals surface area (Å²) in [7, 11) is 1.61. The van der Waals surface area contributed by atoms with E-state index in [1.165, 1.54) is 11.3 Å². The summed E-state index contributed by atoms with van der Waals surface area (Å²) in [5.41, 5.74) is 2.55. The number of hydrogen-bond acceptors (Lipinski definition) is 4. The van der Waals surface area contributed by atoms with Gasteiger partial charge in [0.2, 0.25) is 0 Å². The molecular formula is C19H18N2O2S. The standard InChI is InChI=1S/C19H18N2O2S/c1-3-21(18(22)15-9-11-16(23-2)12-10-15)19-20-17(13-24-19)14-7-5-4-6-8-14/h4-13H,3H2,1-2H3. The number of ether oxygens (including phenoxy) is 1. The van der Waals surface area contributed by atoms with Crippen LogP contribution in [0.15, 0.2) is 60.0 Å². The fourth-order valence-corrected chi connectivity index (χ4v) is 3.28. The van der Waals surface area contributed by atoms with E-state index in [4.69, 9.17) is 4.74 Å². The minimum Gasteiger partial charge on any atom is -0.497 e. The average molecular weight is 338 g/mol. The number of carbonyl (C=O) groups excluding carboxylic acids is 1. The minimum absolute atomic E-state index is 0.0610. The molecule has 122 valence electrons. The second kappa shape index (κ2) is 7.27. The lowest BCUT2D eigenvalue weighted by Crippen LogP contribution is -2.30. The smallest absolute Gasteiger partial charge is 0.260 e. The Kier molecular flexibility index (Phi) is 4.91. The van der Waals surface area contributed by atoms with Crippen LogP contribution in [0, 0.1) is 0 Å². The number of carbonyl (C=O) groups is 1. The van der Waals surface area contributed by atoms with E-state index >= 15 is 0 Å². The minimum atomic E-state index is -0.0610. The van der Waals surface area contributed by atoms with Crippen LogP contribution in [-0.2, 0) is 0 Å². The van der Waals surface area contributed by atoms with Gasteiger partial charge < -0.3 is 4.74 Å². The molecule has 0 bridgehead atoms. The number of hydrogen-bond donors (Lipinski definition) is 0. The van der Waals surface area contributed by atoms with Crippen LogP contribution in [0.4, 0.5) is 5.13 Å². The predicted octanol–water partition coefficient (Wildman–Crippen LogP) is 4.49. The molecule has 2 aromatic carbocycles. The maximum absolute atomic E-state index is 12.8. The van der Waals surface area contributed by atoms with Crippen molar-refractivity contribution in [3.05, 3.63) is 65.5 Å². The molecule has 0 unspecified atom stereocenters. The van der Waals surface area contributed by atoms with Gasteiger partial charge >= 0.3 is 0 Å². The maximum Gasteiger partial charge on any atom is 0.260 e. The molecule has 0 N–H and O–H groups in total. The molecule has 0 saturated carbocycles. The Morgan fingerprint density at radius 2 is 1.83 bits per heavy atom. The van der Waals surface area contributed by atoms with Crippen molar-refractivity contribution in [1.82, 2.24) is 4.98 Å². The molecule has 0 aliphatic heterocycles. The lowest BCUT2D eigenvalue weighted by atomic mass is 10.2. The van der Waals surface area contributed by atoms with Crippen molar-refractivity contribution in [1.29, 1.82) is 0 Å². The predicted molar refractivity (Wildman–Crippen MR) is 97.9 cm³/mol. The van der Waals surface area contributed by atoms with Gasteiger partial charge in [-0.1, -0.05) is 30.3 Å². The number of nitrogens with zero attached hydrogens (tertiary/aromatic N) is 2. The Bertz CT molecular complexity index is 813. The third-order valence-corrected chi connectivity index (χ3v) is 4.55. The average Bonchev–Trinajstić information content (AvgIpc) is 3.13. The Morgan fingerprint density at radius 3 is 2.46 bits per heavy atom. The zero-order valence-electron chi connectivity index (χ0n) is 13.6. The molecule has 1 amide bonds. The van der Waals surface area contributed by atoms with Gasteiger partial charge in [0.15, 0.2) is 5.13 Å². The molecule has 0 spiro atoms. The van der Waals surface area contributed by atoms with E-state index in [9.17, 15) is 4.79 Å². The van der Waals surface area contributed by atoms with Gasteiger partial charge in [-0.2, -0.15) is 0 Å². The van der Waals surface area contributed by atoms with E-state index in [2.05, 4.69) is 4.98 Å². The Hall–Kier alpha value is -2.66. The van der Waals surface area contributed by atoms with Gasteiger partial charge in [0.1, 0.15) is 5.75 Å². The van der Waals surface area contributed by atoms with E-state index in [1.54, 1.807) is 36.3 Å².